The van der Waals surface area contributed by atoms with Crippen LogP contribution < -0.4 is 5.32 Å². The summed E-state index contributed by atoms with van der Waals surface area (Å²) in [6.07, 6.45) is 4.40. The lowest BCUT2D eigenvalue weighted by molar-refractivity contribution is -0.137. The third-order valence-electron chi connectivity index (χ3n) is 6.64. The van der Waals surface area contributed by atoms with Crippen LogP contribution in [0.3, 0.4) is 0 Å². The minimum Gasteiger partial charge on any atom is -0.305 e. The Balaban J connectivity index is 0.000000396. The van der Waals surface area contributed by atoms with Crippen molar-refractivity contribution in [2.45, 2.75) is 57.2 Å². The van der Waals surface area contributed by atoms with Gasteiger partial charge in [0.1, 0.15) is 5.82 Å². The van der Waals surface area contributed by atoms with E-state index in [9.17, 15) is 17.6 Å². The molecule has 6 heteroatoms. The topological polar surface area (TPSA) is 24.9 Å². The molecule has 1 N–H and O–H groups in total. The van der Waals surface area contributed by atoms with Gasteiger partial charge in [-0.15, -0.1) is 0 Å². The molecule has 3 aromatic rings. The SMILES string of the molecule is CCC1CCCC1.CNC(Cc1ccccc1)(c1cccc(C(F)(F)F)c1)c1ccc(F)cn1. The molecule has 0 radical (unpaired) electrons. The van der Waals surface area contributed by atoms with Crippen LogP contribution in [0, 0.1) is 11.7 Å². The van der Waals surface area contributed by atoms with Crippen LogP contribution in [0.25, 0.3) is 0 Å². The van der Waals surface area contributed by atoms with Crippen molar-refractivity contribution in [3.63, 3.8) is 0 Å². The summed E-state index contributed by atoms with van der Waals surface area (Å²) in [6, 6.07) is 17.3. The van der Waals surface area contributed by atoms with Crippen molar-refractivity contribution in [1.29, 1.82) is 0 Å². The standard InChI is InChI=1S/C21H18F4N2.C7H14/c1-26-20(13-15-6-3-2-4-7-15,19-11-10-18(22)14-27-19)16-8-5-9-17(12-16)21(23,24)25;1-2-7-5-3-4-6-7/h2-12,14,26H,13H2,1H3;7H,2-6H2,1H3. The third-order valence-corrected chi connectivity index (χ3v) is 6.64. The fourth-order valence-corrected chi connectivity index (χ4v) is 4.61. The Hall–Kier alpha value is -2.73. The average Bonchev–Trinajstić information content (AvgIpc) is 3.38. The summed E-state index contributed by atoms with van der Waals surface area (Å²) >= 11 is 0. The highest BCUT2D eigenvalue weighted by Gasteiger charge is 2.37. The van der Waals surface area contributed by atoms with Gasteiger partial charge in [0.05, 0.1) is 23.0 Å². The van der Waals surface area contributed by atoms with Crippen LogP contribution >= 0.6 is 0 Å². The van der Waals surface area contributed by atoms with Crippen LogP contribution in [0.2, 0.25) is 0 Å². The summed E-state index contributed by atoms with van der Waals surface area (Å²) in [4.78, 5) is 4.17. The summed E-state index contributed by atoms with van der Waals surface area (Å²) in [6.45, 7) is 2.30. The molecule has 0 bridgehead atoms. The van der Waals surface area contributed by atoms with Gasteiger partial charge in [-0.25, -0.2) is 4.39 Å². The van der Waals surface area contributed by atoms with Gasteiger partial charge in [-0.1, -0.05) is 81.5 Å². The lowest BCUT2D eigenvalue weighted by atomic mass is 9.80. The maximum Gasteiger partial charge on any atom is 0.416 e. The predicted molar refractivity (Wildman–Crippen MR) is 128 cm³/mol. The highest BCUT2D eigenvalue weighted by atomic mass is 19.4. The van der Waals surface area contributed by atoms with E-state index in [1.807, 2.05) is 30.3 Å². The number of halogens is 4. The Morgan fingerprint density at radius 3 is 2.12 bits per heavy atom. The third kappa shape index (κ3) is 6.44. The first kappa shape index (κ1) is 25.9. The van der Waals surface area contributed by atoms with Gasteiger partial charge in [0.15, 0.2) is 0 Å². The predicted octanol–water partition coefficient (Wildman–Crippen LogP) is 7.53. The number of benzene rings is 2. The molecule has 1 atom stereocenters. The molecule has 0 saturated heterocycles. The second kappa shape index (κ2) is 11.6. The number of nitrogens with one attached hydrogen (secondary N) is 1. The van der Waals surface area contributed by atoms with E-state index in [0.717, 1.165) is 29.8 Å². The molecular formula is C28H32F4N2. The second-order valence-electron chi connectivity index (χ2n) is 8.82. The van der Waals surface area contributed by atoms with Gasteiger partial charge in [0, 0.05) is 6.42 Å². The first-order valence-corrected chi connectivity index (χ1v) is 11.8. The average molecular weight is 473 g/mol. The zero-order chi connectivity index (χ0) is 24.6. The van der Waals surface area contributed by atoms with E-state index in [0.29, 0.717) is 17.7 Å². The number of rotatable bonds is 6. The Bertz CT molecular complexity index is 1010. The number of likely N-dealkylation sites (N-methyl/N-ethyl adjacent to an activating group) is 1. The zero-order valence-corrected chi connectivity index (χ0v) is 19.7. The molecule has 1 heterocycles. The molecule has 1 aliphatic carbocycles. The molecule has 1 saturated carbocycles. The Labute approximate surface area is 199 Å². The Morgan fingerprint density at radius 2 is 1.59 bits per heavy atom. The molecular weight excluding hydrogens is 440 g/mol. The van der Waals surface area contributed by atoms with Gasteiger partial charge in [0.25, 0.3) is 0 Å². The van der Waals surface area contributed by atoms with Crippen LogP contribution in [0.5, 0.6) is 0 Å². The van der Waals surface area contributed by atoms with Crippen molar-refractivity contribution in [1.82, 2.24) is 10.3 Å². The quantitative estimate of drug-likeness (QED) is 0.375. The van der Waals surface area contributed by atoms with E-state index >= 15 is 0 Å². The molecule has 34 heavy (non-hydrogen) atoms. The first-order valence-electron chi connectivity index (χ1n) is 11.8. The number of nitrogens with zero attached hydrogens (tertiary/aromatic N) is 1. The van der Waals surface area contributed by atoms with E-state index in [4.69, 9.17) is 0 Å². The fraction of sp³-hybridized carbons (Fsp3) is 0.393. The van der Waals surface area contributed by atoms with Crippen molar-refractivity contribution >= 4 is 0 Å². The molecule has 2 nitrogen and oxygen atoms in total. The Morgan fingerprint density at radius 1 is 0.912 bits per heavy atom. The molecule has 0 spiro atoms. The van der Waals surface area contributed by atoms with E-state index < -0.39 is 23.1 Å². The van der Waals surface area contributed by atoms with Gasteiger partial charge in [0.2, 0.25) is 0 Å². The van der Waals surface area contributed by atoms with Gasteiger partial charge < -0.3 is 5.32 Å². The molecule has 0 aliphatic heterocycles. The minimum atomic E-state index is -4.46. The van der Waals surface area contributed by atoms with Crippen LogP contribution in [0.15, 0.2) is 72.9 Å². The molecule has 4 rings (SSSR count). The van der Waals surface area contributed by atoms with Crippen molar-refractivity contribution in [2.24, 2.45) is 5.92 Å². The van der Waals surface area contributed by atoms with Crippen molar-refractivity contribution in [2.75, 3.05) is 7.05 Å². The number of alkyl halides is 3. The number of aromatic nitrogens is 1. The van der Waals surface area contributed by atoms with E-state index in [1.165, 1.54) is 50.3 Å². The minimum absolute atomic E-state index is 0.351. The smallest absolute Gasteiger partial charge is 0.305 e. The van der Waals surface area contributed by atoms with Gasteiger partial charge in [-0.3, -0.25) is 4.98 Å². The second-order valence-corrected chi connectivity index (χ2v) is 8.82. The van der Waals surface area contributed by atoms with Crippen LogP contribution in [0.4, 0.5) is 17.6 Å². The highest BCUT2D eigenvalue weighted by molar-refractivity contribution is 5.40. The number of pyridine rings is 1. The number of hydrogen-bond donors (Lipinski definition) is 1. The lowest BCUT2D eigenvalue weighted by Gasteiger charge is -2.34. The first-order chi connectivity index (χ1) is 16.3. The lowest BCUT2D eigenvalue weighted by Crippen LogP contribution is -2.44. The fourth-order valence-electron chi connectivity index (χ4n) is 4.61. The van der Waals surface area contributed by atoms with Gasteiger partial charge in [-0.05, 0) is 48.4 Å². The van der Waals surface area contributed by atoms with E-state index in [-0.39, 0.29) is 0 Å². The summed E-state index contributed by atoms with van der Waals surface area (Å²) in [5, 5.41) is 3.14. The molecule has 0 amide bonds. The van der Waals surface area contributed by atoms with Gasteiger partial charge in [-0.2, -0.15) is 13.2 Å². The molecule has 1 fully saturated rings. The summed E-state index contributed by atoms with van der Waals surface area (Å²) in [5.74, 6) is 0.590. The highest BCUT2D eigenvalue weighted by Crippen LogP contribution is 2.36. The normalized spacial score (nSPS) is 15.9. The molecule has 1 unspecified atom stereocenters. The maximum atomic E-state index is 13.4. The Kier molecular flexibility index (Phi) is 8.84. The summed E-state index contributed by atoms with van der Waals surface area (Å²) < 4.78 is 53.2. The van der Waals surface area contributed by atoms with Crippen molar-refractivity contribution < 1.29 is 17.6 Å². The zero-order valence-electron chi connectivity index (χ0n) is 19.7. The van der Waals surface area contributed by atoms with Gasteiger partial charge >= 0.3 is 6.18 Å². The van der Waals surface area contributed by atoms with Crippen LogP contribution in [0.1, 0.15) is 61.4 Å². The van der Waals surface area contributed by atoms with Crippen LogP contribution in [-0.4, -0.2) is 12.0 Å². The summed E-state index contributed by atoms with van der Waals surface area (Å²) in [5.41, 5.74) is -0.0291. The van der Waals surface area contributed by atoms with Crippen LogP contribution in [-0.2, 0) is 18.1 Å². The van der Waals surface area contributed by atoms with E-state index in [1.54, 1.807) is 13.1 Å². The maximum absolute atomic E-state index is 13.4. The van der Waals surface area contributed by atoms with Crippen molar-refractivity contribution in [3.8, 4) is 0 Å². The monoisotopic (exact) mass is 472 g/mol. The van der Waals surface area contributed by atoms with Crippen molar-refractivity contribution in [3.05, 3.63) is 101 Å². The largest absolute Gasteiger partial charge is 0.416 e. The number of hydrogen-bond acceptors (Lipinski definition) is 2. The van der Waals surface area contributed by atoms with E-state index in [2.05, 4.69) is 17.2 Å². The molecule has 1 aliphatic rings. The summed E-state index contributed by atoms with van der Waals surface area (Å²) in [7, 11) is 1.66. The molecule has 182 valence electrons. The molecule has 1 aromatic heterocycles. The molecule has 2 aromatic carbocycles.